The highest BCUT2D eigenvalue weighted by atomic mass is 16.5. The monoisotopic (exact) mass is 333 g/mol. The second-order valence-electron chi connectivity index (χ2n) is 6.88. The Morgan fingerprint density at radius 1 is 1.54 bits per heavy atom. The van der Waals surface area contributed by atoms with Crippen molar-refractivity contribution in [3.05, 3.63) is 35.8 Å². The van der Waals surface area contributed by atoms with Crippen LogP contribution >= 0.6 is 0 Å². The SMILES string of the molecule is C=CCOC[C@H]1CCC[C@@]12CN(C(=O)c1cc(C)oc1C)CCO2. The molecule has 1 amide bonds. The summed E-state index contributed by atoms with van der Waals surface area (Å²) in [5, 5.41) is 0. The van der Waals surface area contributed by atoms with E-state index in [0.717, 1.165) is 25.0 Å². The van der Waals surface area contributed by atoms with E-state index in [0.29, 0.717) is 50.2 Å². The van der Waals surface area contributed by atoms with E-state index in [-0.39, 0.29) is 11.5 Å². The van der Waals surface area contributed by atoms with Gasteiger partial charge in [0.05, 0.1) is 37.5 Å². The summed E-state index contributed by atoms with van der Waals surface area (Å²) in [7, 11) is 0. The molecule has 1 aliphatic heterocycles. The molecule has 5 heteroatoms. The smallest absolute Gasteiger partial charge is 0.257 e. The zero-order valence-electron chi connectivity index (χ0n) is 14.7. The Hall–Kier alpha value is -1.59. The van der Waals surface area contributed by atoms with Gasteiger partial charge in [0.1, 0.15) is 11.5 Å². The first-order chi connectivity index (χ1) is 11.6. The van der Waals surface area contributed by atoms with Crippen molar-refractivity contribution in [3.8, 4) is 0 Å². The summed E-state index contributed by atoms with van der Waals surface area (Å²) < 4.78 is 17.4. The highest BCUT2D eigenvalue weighted by molar-refractivity contribution is 5.95. The molecule has 3 rings (SSSR count). The van der Waals surface area contributed by atoms with Gasteiger partial charge in [0.25, 0.3) is 5.91 Å². The van der Waals surface area contributed by atoms with Crippen molar-refractivity contribution in [3.63, 3.8) is 0 Å². The molecule has 1 saturated heterocycles. The lowest BCUT2D eigenvalue weighted by Gasteiger charge is -2.44. The molecule has 0 aromatic carbocycles. The van der Waals surface area contributed by atoms with E-state index < -0.39 is 0 Å². The summed E-state index contributed by atoms with van der Waals surface area (Å²) >= 11 is 0. The van der Waals surface area contributed by atoms with Crippen LogP contribution in [-0.4, -0.2) is 49.3 Å². The minimum absolute atomic E-state index is 0.0460. The van der Waals surface area contributed by atoms with E-state index >= 15 is 0 Å². The summed E-state index contributed by atoms with van der Waals surface area (Å²) in [5.74, 6) is 1.84. The van der Waals surface area contributed by atoms with Crippen LogP contribution in [0.2, 0.25) is 0 Å². The number of nitrogens with zero attached hydrogens (tertiary/aromatic N) is 1. The first-order valence-corrected chi connectivity index (χ1v) is 8.74. The van der Waals surface area contributed by atoms with Gasteiger partial charge in [0.15, 0.2) is 0 Å². The van der Waals surface area contributed by atoms with Gasteiger partial charge in [-0.25, -0.2) is 0 Å². The van der Waals surface area contributed by atoms with Crippen LogP contribution in [0, 0.1) is 19.8 Å². The van der Waals surface area contributed by atoms with Gasteiger partial charge in [-0.05, 0) is 32.8 Å². The van der Waals surface area contributed by atoms with Gasteiger partial charge >= 0.3 is 0 Å². The zero-order valence-corrected chi connectivity index (χ0v) is 14.7. The summed E-state index contributed by atoms with van der Waals surface area (Å²) in [6.45, 7) is 10.5. The van der Waals surface area contributed by atoms with Crippen molar-refractivity contribution in [1.82, 2.24) is 4.90 Å². The Labute approximate surface area is 143 Å². The largest absolute Gasteiger partial charge is 0.466 e. The third-order valence-corrected chi connectivity index (χ3v) is 5.22. The van der Waals surface area contributed by atoms with Gasteiger partial charge in [0, 0.05) is 12.5 Å². The Balaban J connectivity index is 1.72. The van der Waals surface area contributed by atoms with Crippen LogP contribution < -0.4 is 0 Å². The van der Waals surface area contributed by atoms with E-state index in [4.69, 9.17) is 13.9 Å². The number of hydrogen-bond acceptors (Lipinski definition) is 4. The highest BCUT2D eigenvalue weighted by Crippen LogP contribution is 2.41. The van der Waals surface area contributed by atoms with Crippen molar-refractivity contribution in [2.75, 3.05) is 32.9 Å². The number of furan rings is 1. The average molecular weight is 333 g/mol. The maximum absolute atomic E-state index is 12.9. The lowest BCUT2D eigenvalue weighted by Crippen LogP contribution is -2.56. The topological polar surface area (TPSA) is 51.9 Å². The molecule has 2 fully saturated rings. The van der Waals surface area contributed by atoms with Gasteiger partial charge in [-0.3, -0.25) is 4.79 Å². The second-order valence-corrected chi connectivity index (χ2v) is 6.88. The number of carbonyl (C=O) groups excluding carboxylic acids is 1. The van der Waals surface area contributed by atoms with Gasteiger partial charge < -0.3 is 18.8 Å². The first kappa shape index (κ1) is 17.2. The number of aryl methyl sites for hydroxylation is 2. The van der Waals surface area contributed by atoms with Gasteiger partial charge in [0.2, 0.25) is 0 Å². The third kappa shape index (κ3) is 3.28. The molecule has 0 unspecified atom stereocenters. The molecule has 5 nitrogen and oxygen atoms in total. The molecule has 0 bridgehead atoms. The Bertz CT molecular complexity index is 609. The maximum Gasteiger partial charge on any atom is 0.257 e. The van der Waals surface area contributed by atoms with Gasteiger partial charge in [-0.15, -0.1) is 6.58 Å². The maximum atomic E-state index is 12.9. The van der Waals surface area contributed by atoms with Crippen LogP contribution in [0.25, 0.3) is 0 Å². The standard InChI is InChI=1S/C19H27NO4/c1-4-9-22-12-16-6-5-7-19(16)13-20(8-10-23-19)18(21)17-11-14(2)24-15(17)3/h4,11,16H,1,5-10,12-13H2,2-3H3/t16-,19-/m1/s1. The van der Waals surface area contributed by atoms with Crippen LogP contribution in [0.15, 0.2) is 23.1 Å². The predicted molar refractivity (Wildman–Crippen MR) is 91.1 cm³/mol. The first-order valence-electron chi connectivity index (χ1n) is 8.74. The fourth-order valence-electron chi connectivity index (χ4n) is 4.04. The molecule has 1 saturated carbocycles. The molecule has 1 aliphatic carbocycles. The van der Waals surface area contributed by atoms with E-state index in [1.165, 1.54) is 0 Å². The van der Waals surface area contributed by atoms with Gasteiger partial charge in [-0.2, -0.15) is 0 Å². The molecular weight excluding hydrogens is 306 g/mol. The summed E-state index contributed by atoms with van der Waals surface area (Å²) in [4.78, 5) is 14.8. The molecule has 2 heterocycles. The van der Waals surface area contributed by atoms with Crippen LogP contribution in [0.4, 0.5) is 0 Å². The predicted octanol–water partition coefficient (Wildman–Crippen LogP) is 3.11. The molecule has 0 radical (unpaired) electrons. The molecular formula is C19H27NO4. The molecule has 1 spiro atoms. The van der Waals surface area contributed by atoms with Crippen molar-refractivity contribution in [2.45, 2.75) is 38.7 Å². The molecule has 2 atom stereocenters. The van der Waals surface area contributed by atoms with Crippen LogP contribution in [0.5, 0.6) is 0 Å². The van der Waals surface area contributed by atoms with Crippen molar-refractivity contribution in [1.29, 1.82) is 0 Å². The fraction of sp³-hybridized carbons (Fsp3) is 0.632. The van der Waals surface area contributed by atoms with E-state index in [2.05, 4.69) is 6.58 Å². The number of rotatable bonds is 5. The normalized spacial score (nSPS) is 26.9. The average Bonchev–Trinajstić information content (AvgIpc) is 3.10. The van der Waals surface area contributed by atoms with Gasteiger partial charge in [-0.1, -0.05) is 12.5 Å². The lowest BCUT2D eigenvalue weighted by molar-refractivity contribution is -0.132. The minimum Gasteiger partial charge on any atom is -0.466 e. The van der Waals surface area contributed by atoms with E-state index in [1.54, 1.807) is 6.08 Å². The Morgan fingerprint density at radius 2 is 2.38 bits per heavy atom. The third-order valence-electron chi connectivity index (χ3n) is 5.22. The number of hydrogen-bond donors (Lipinski definition) is 0. The molecule has 24 heavy (non-hydrogen) atoms. The van der Waals surface area contributed by atoms with Crippen molar-refractivity contribution >= 4 is 5.91 Å². The number of carbonyl (C=O) groups is 1. The summed E-state index contributed by atoms with van der Waals surface area (Å²) in [6.07, 6.45) is 4.96. The minimum atomic E-state index is -0.262. The van der Waals surface area contributed by atoms with Crippen LogP contribution in [0.3, 0.4) is 0 Å². The molecule has 1 aromatic rings. The molecule has 2 aliphatic rings. The molecule has 1 aromatic heterocycles. The number of morpholine rings is 1. The van der Waals surface area contributed by atoms with Crippen molar-refractivity contribution in [2.24, 2.45) is 5.92 Å². The number of amides is 1. The van der Waals surface area contributed by atoms with E-state index in [9.17, 15) is 4.79 Å². The fourth-order valence-corrected chi connectivity index (χ4v) is 4.04. The zero-order chi connectivity index (χ0) is 17.2. The molecule has 0 N–H and O–H groups in total. The summed E-state index contributed by atoms with van der Waals surface area (Å²) in [6, 6.07) is 1.83. The molecule has 132 valence electrons. The quantitative estimate of drug-likeness (QED) is 0.614. The summed E-state index contributed by atoms with van der Waals surface area (Å²) in [5.41, 5.74) is 0.406. The second kappa shape index (κ2) is 7.11. The lowest BCUT2D eigenvalue weighted by atomic mass is 9.89. The van der Waals surface area contributed by atoms with Crippen molar-refractivity contribution < 1.29 is 18.7 Å². The number of ether oxygens (including phenoxy) is 2. The van der Waals surface area contributed by atoms with Crippen LogP contribution in [0.1, 0.15) is 41.1 Å². The highest BCUT2D eigenvalue weighted by Gasteiger charge is 2.48. The Kier molecular flexibility index (Phi) is 5.11. The van der Waals surface area contributed by atoms with E-state index in [1.807, 2.05) is 24.8 Å². The van der Waals surface area contributed by atoms with Crippen LogP contribution in [-0.2, 0) is 9.47 Å². The Morgan fingerprint density at radius 3 is 3.08 bits per heavy atom.